The molecular weight excluding hydrogens is 404 g/mol. The summed E-state index contributed by atoms with van der Waals surface area (Å²) in [5.74, 6) is -0.590. The normalized spacial score (nSPS) is 19.3. The molecule has 0 spiro atoms. The summed E-state index contributed by atoms with van der Waals surface area (Å²) in [5.41, 5.74) is 8.25. The minimum Gasteiger partial charge on any atom is -0.471 e. The van der Waals surface area contributed by atoms with Crippen LogP contribution in [0.4, 0.5) is 5.82 Å². The first-order chi connectivity index (χ1) is 15.0. The van der Waals surface area contributed by atoms with E-state index in [9.17, 15) is 9.90 Å². The lowest BCUT2D eigenvalue weighted by molar-refractivity contribution is -0.0975. The van der Waals surface area contributed by atoms with Crippen LogP contribution in [0.25, 0.3) is 11.4 Å². The van der Waals surface area contributed by atoms with E-state index in [1.807, 2.05) is 0 Å². The number of carbonyl (C=O) groups excluding carboxylic acids is 1. The number of amides is 1. The van der Waals surface area contributed by atoms with Crippen LogP contribution in [-0.4, -0.2) is 65.6 Å². The van der Waals surface area contributed by atoms with Crippen molar-refractivity contribution >= 4 is 11.7 Å². The first-order valence-electron chi connectivity index (χ1n) is 9.75. The molecule has 1 amide bonds. The molecule has 1 aromatic carbocycles. The van der Waals surface area contributed by atoms with Crippen molar-refractivity contribution in [3.63, 3.8) is 0 Å². The molecule has 1 unspecified atom stereocenters. The maximum atomic E-state index is 12.8. The number of carbonyl (C=O) groups is 1. The molecule has 162 valence electrons. The number of anilines is 1. The van der Waals surface area contributed by atoms with Crippen molar-refractivity contribution in [3.05, 3.63) is 35.4 Å². The predicted octanol–water partition coefficient (Wildman–Crippen LogP) is -0.239. The number of nitrogens with one attached hydrogen (secondary N) is 2. The number of hydroxylamine groups is 1. The van der Waals surface area contributed by atoms with Crippen LogP contribution in [-0.2, 0) is 9.57 Å². The highest BCUT2D eigenvalue weighted by molar-refractivity contribution is 6.00. The lowest BCUT2D eigenvalue weighted by atomic mass is 9.99. The second-order valence-corrected chi connectivity index (χ2v) is 7.46. The lowest BCUT2D eigenvalue weighted by Gasteiger charge is -2.36. The van der Waals surface area contributed by atoms with Crippen LogP contribution in [0.2, 0.25) is 0 Å². The Bertz CT molecular complexity index is 1010. The van der Waals surface area contributed by atoms with Crippen molar-refractivity contribution in [3.8, 4) is 23.3 Å². The highest BCUT2D eigenvalue weighted by atomic mass is 16.7. The zero-order valence-corrected chi connectivity index (χ0v) is 16.6. The van der Waals surface area contributed by atoms with Gasteiger partial charge in [-0.2, -0.15) is 10.2 Å². The number of aliphatic hydroxyl groups is 1. The summed E-state index contributed by atoms with van der Waals surface area (Å²) < 4.78 is 11.2. The van der Waals surface area contributed by atoms with Gasteiger partial charge in [0.1, 0.15) is 29.7 Å². The average Bonchev–Trinajstić information content (AvgIpc) is 3.25. The third-order valence-electron chi connectivity index (χ3n) is 4.96. The molecule has 0 aliphatic carbocycles. The Morgan fingerprint density at radius 3 is 2.97 bits per heavy atom. The Balaban J connectivity index is 1.60. The molecule has 1 aromatic heterocycles. The van der Waals surface area contributed by atoms with E-state index in [2.05, 4.69) is 26.8 Å². The van der Waals surface area contributed by atoms with Gasteiger partial charge >= 0.3 is 0 Å². The highest BCUT2D eigenvalue weighted by Crippen LogP contribution is 2.28. The number of nitrogens with two attached hydrogens (primary N) is 1. The van der Waals surface area contributed by atoms with E-state index in [0.717, 1.165) is 0 Å². The Morgan fingerprint density at radius 2 is 2.29 bits per heavy atom. The van der Waals surface area contributed by atoms with Gasteiger partial charge in [0.15, 0.2) is 5.82 Å². The van der Waals surface area contributed by atoms with Gasteiger partial charge in [0.25, 0.3) is 5.91 Å². The number of aromatic nitrogens is 2. The Labute approximate surface area is 178 Å². The number of ether oxygens (including phenoxy) is 2. The third-order valence-corrected chi connectivity index (χ3v) is 4.96. The molecule has 3 heterocycles. The number of nitriles is 1. The van der Waals surface area contributed by atoms with Gasteiger partial charge in [0, 0.05) is 25.1 Å². The van der Waals surface area contributed by atoms with Crippen LogP contribution in [0, 0.1) is 11.3 Å². The smallest absolute Gasteiger partial charge is 0.284 e. The van der Waals surface area contributed by atoms with Gasteiger partial charge < -0.3 is 25.6 Å². The Morgan fingerprint density at radius 1 is 1.45 bits per heavy atom. The van der Waals surface area contributed by atoms with Crippen molar-refractivity contribution in [2.75, 3.05) is 38.6 Å². The fourth-order valence-corrected chi connectivity index (χ4v) is 3.18. The van der Waals surface area contributed by atoms with Crippen LogP contribution in [0.15, 0.2) is 24.3 Å². The van der Waals surface area contributed by atoms with Gasteiger partial charge in [0.05, 0.1) is 24.8 Å². The van der Waals surface area contributed by atoms with Crippen LogP contribution in [0.5, 0.6) is 5.88 Å². The maximum Gasteiger partial charge on any atom is 0.284 e. The molecule has 4 rings (SSSR count). The number of benzene rings is 1. The monoisotopic (exact) mass is 426 g/mol. The average molecular weight is 426 g/mol. The molecule has 11 heteroatoms. The summed E-state index contributed by atoms with van der Waals surface area (Å²) in [4.78, 5) is 26.5. The molecule has 1 atom stereocenters. The predicted molar refractivity (Wildman–Crippen MR) is 108 cm³/mol. The summed E-state index contributed by atoms with van der Waals surface area (Å²) >= 11 is 0. The second kappa shape index (κ2) is 8.83. The molecule has 0 radical (unpaired) electrons. The molecule has 2 aliphatic rings. The van der Waals surface area contributed by atoms with E-state index in [1.54, 1.807) is 24.3 Å². The van der Waals surface area contributed by atoms with E-state index in [1.165, 1.54) is 0 Å². The molecule has 2 fully saturated rings. The van der Waals surface area contributed by atoms with E-state index in [0.29, 0.717) is 43.9 Å². The summed E-state index contributed by atoms with van der Waals surface area (Å²) in [6.07, 6.45) is 0.350. The van der Waals surface area contributed by atoms with Crippen molar-refractivity contribution < 1.29 is 24.2 Å². The quantitative estimate of drug-likeness (QED) is 0.434. The van der Waals surface area contributed by atoms with Crippen molar-refractivity contribution in [2.45, 2.75) is 18.1 Å². The van der Waals surface area contributed by atoms with E-state index in [-0.39, 0.29) is 35.8 Å². The number of nitrogens with zero attached hydrogens (tertiary/aromatic N) is 3. The summed E-state index contributed by atoms with van der Waals surface area (Å²) in [6.45, 7) is 1.57. The van der Waals surface area contributed by atoms with Crippen LogP contribution >= 0.6 is 0 Å². The number of hydrogen-bond donors (Lipinski definition) is 4. The number of hydrogen-bond acceptors (Lipinski definition) is 10. The van der Waals surface area contributed by atoms with Crippen LogP contribution in [0.1, 0.15) is 22.3 Å². The standard InChI is InChI=1S/C20H22N6O5/c21-7-12-2-1-3-13(6-12)17-24-16(22)15(19(25-17)31-14-4-5-29-8-14)18(27)26-30-11-20(28)9-23-10-20/h1-3,6,14,23,28H,4-5,8-11H2,(H,26,27)(H2,22,24,25). The fourth-order valence-electron chi connectivity index (χ4n) is 3.18. The van der Waals surface area contributed by atoms with E-state index in [4.69, 9.17) is 25.3 Å². The van der Waals surface area contributed by atoms with E-state index >= 15 is 0 Å². The van der Waals surface area contributed by atoms with Gasteiger partial charge in [-0.05, 0) is 12.1 Å². The number of rotatable bonds is 7. The topological polar surface area (TPSA) is 165 Å². The first-order valence-corrected chi connectivity index (χ1v) is 9.75. The molecule has 5 N–H and O–H groups in total. The zero-order valence-electron chi connectivity index (χ0n) is 16.6. The molecule has 2 saturated heterocycles. The lowest BCUT2D eigenvalue weighted by Crippen LogP contribution is -2.62. The molecule has 2 aliphatic heterocycles. The van der Waals surface area contributed by atoms with Crippen LogP contribution < -0.4 is 21.3 Å². The zero-order chi connectivity index (χ0) is 21.8. The van der Waals surface area contributed by atoms with Crippen molar-refractivity contribution in [1.82, 2.24) is 20.8 Å². The minimum atomic E-state index is -1.02. The van der Waals surface area contributed by atoms with Crippen molar-refractivity contribution in [1.29, 1.82) is 5.26 Å². The first kappa shape index (κ1) is 21.0. The largest absolute Gasteiger partial charge is 0.471 e. The summed E-state index contributed by atoms with van der Waals surface area (Å²) in [6, 6.07) is 8.77. The number of nitrogen functional groups attached to an aromatic ring is 1. The number of β-amino-alcohol motifs (C(OH)–C–C–N with tert-alkyl or cyclic N) is 1. The summed E-state index contributed by atoms with van der Waals surface area (Å²) in [5, 5.41) is 22.1. The summed E-state index contributed by atoms with van der Waals surface area (Å²) in [7, 11) is 0. The van der Waals surface area contributed by atoms with E-state index < -0.39 is 11.5 Å². The van der Waals surface area contributed by atoms with Gasteiger partial charge in [-0.1, -0.05) is 12.1 Å². The van der Waals surface area contributed by atoms with Crippen LogP contribution in [0.3, 0.4) is 0 Å². The fraction of sp³-hybridized carbons (Fsp3) is 0.400. The van der Waals surface area contributed by atoms with Gasteiger partial charge in [-0.25, -0.2) is 10.5 Å². The molecule has 2 aromatic rings. The molecule has 0 bridgehead atoms. The molecular formula is C20H22N6O5. The Hall–Kier alpha value is -3.30. The second-order valence-electron chi connectivity index (χ2n) is 7.46. The van der Waals surface area contributed by atoms with Gasteiger partial charge in [0.2, 0.25) is 5.88 Å². The maximum absolute atomic E-state index is 12.8. The van der Waals surface area contributed by atoms with Crippen molar-refractivity contribution in [2.24, 2.45) is 0 Å². The minimum absolute atomic E-state index is 0.00881. The SMILES string of the molecule is N#Cc1cccc(-c2nc(N)c(C(=O)NOCC3(O)CNC3)c(OC3CCOC3)n2)c1. The highest BCUT2D eigenvalue weighted by Gasteiger charge is 2.35. The molecule has 11 nitrogen and oxygen atoms in total. The third kappa shape index (κ3) is 4.73. The Kier molecular flexibility index (Phi) is 5.97. The molecule has 31 heavy (non-hydrogen) atoms. The molecule has 0 saturated carbocycles. The van der Waals surface area contributed by atoms with Gasteiger partial charge in [-0.3, -0.25) is 9.63 Å². The van der Waals surface area contributed by atoms with Gasteiger partial charge in [-0.15, -0.1) is 0 Å².